The molecule has 1 fully saturated rings. The maximum absolute atomic E-state index is 5.93. The Morgan fingerprint density at radius 2 is 2.00 bits per heavy atom. The Morgan fingerprint density at radius 3 is 2.72 bits per heavy atom. The predicted octanol–water partition coefficient (Wildman–Crippen LogP) is 3.66. The van der Waals surface area contributed by atoms with Crippen LogP contribution in [0.1, 0.15) is 42.4 Å². The number of benzene rings is 1. The van der Waals surface area contributed by atoms with Crippen molar-refractivity contribution in [2.45, 2.75) is 31.7 Å². The first-order chi connectivity index (χ1) is 8.88. The fourth-order valence-electron chi connectivity index (χ4n) is 2.80. The molecule has 0 radical (unpaired) electrons. The molecule has 0 saturated carbocycles. The van der Waals surface area contributed by atoms with Crippen LogP contribution in [0.15, 0.2) is 46.9 Å². The summed E-state index contributed by atoms with van der Waals surface area (Å²) in [6.45, 7) is 3.19. The van der Waals surface area contributed by atoms with Crippen molar-refractivity contribution in [2.24, 2.45) is 0 Å². The van der Waals surface area contributed by atoms with Gasteiger partial charge in [0.05, 0.1) is 0 Å². The van der Waals surface area contributed by atoms with E-state index in [1.807, 2.05) is 0 Å². The molecule has 2 heteroatoms. The number of furan rings is 1. The first-order valence-corrected chi connectivity index (χ1v) is 6.75. The van der Waals surface area contributed by atoms with Gasteiger partial charge in [-0.25, -0.2) is 0 Å². The lowest BCUT2D eigenvalue weighted by molar-refractivity contribution is 0.413. The number of nitrogens with one attached hydrogen (secondary N) is 1. The number of hydrogen-bond acceptors (Lipinski definition) is 2. The summed E-state index contributed by atoms with van der Waals surface area (Å²) in [5.41, 5.74) is 1.36. The summed E-state index contributed by atoms with van der Waals surface area (Å²) in [4.78, 5) is 0. The van der Waals surface area contributed by atoms with E-state index >= 15 is 0 Å². The summed E-state index contributed by atoms with van der Waals surface area (Å²) in [5.74, 6) is 2.68. The topological polar surface area (TPSA) is 25.2 Å². The average molecular weight is 241 g/mol. The number of hydrogen-bond donors (Lipinski definition) is 1. The van der Waals surface area contributed by atoms with Crippen LogP contribution in [-0.2, 0) is 6.42 Å². The van der Waals surface area contributed by atoms with Gasteiger partial charge in [0, 0.05) is 18.4 Å². The van der Waals surface area contributed by atoms with E-state index in [0.717, 1.165) is 30.9 Å². The van der Waals surface area contributed by atoms with Crippen LogP contribution in [-0.4, -0.2) is 6.54 Å². The molecule has 2 heterocycles. The summed E-state index contributed by atoms with van der Waals surface area (Å²) in [5, 5.41) is 3.59. The largest absolute Gasteiger partial charge is 0.466 e. The van der Waals surface area contributed by atoms with Crippen LogP contribution in [0.3, 0.4) is 0 Å². The molecular weight excluding hydrogens is 222 g/mol. The molecule has 94 valence electrons. The van der Waals surface area contributed by atoms with E-state index in [0.29, 0.717) is 12.0 Å². The SMILES string of the molecule is CCc1ccc(C2CCNC2c2ccccc2)o1. The molecule has 3 rings (SSSR count). The second kappa shape index (κ2) is 4.99. The Morgan fingerprint density at radius 1 is 1.17 bits per heavy atom. The van der Waals surface area contributed by atoms with Gasteiger partial charge in [-0.15, -0.1) is 0 Å². The monoisotopic (exact) mass is 241 g/mol. The van der Waals surface area contributed by atoms with Crippen LogP contribution < -0.4 is 5.32 Å². The van der Waals surface area contributed by atoms with Crippen LogP contribution in [0.4, 0.5) is 0 Å². The number of rotatable bonds is 3. The van der Waals surface area contributed by atoms with Crippen molar-refractivity contribution in [1.29, 1.82) is 0 Å². The molecule has 1 aromatic carbocycles. The molecule has 0 amide bonds. The van der Waals surface area contributed by atoms with Gasteiger partial charge in [0.25, 0.3) is 0 Å². The molecule has 1 aromatic heterocycles. The maximum Gasteiger partial charge on any atom is 0.109 e. The highest BCUT2D eigenvalue weighted by molar-refractivity contribution is 5.26. The van der Waals surface area contributed by atoms with Crippen molar-refractivity contribution in [2.75, 3.05) is 6.54 Å². The first-order valence-electron chi connectivity index (χ1n) is 6.75. The zero-order valence-corrected chi connectivity index (χ0v) is 10.7. The van der Waals surface area contributed by atoms with Crippen LogP contribution >= 0.6 is 0 Å². The Hall–Kier alpha value is -1.54. The average Bonchev–Trinajstić information content (AvgIpc) is 3.08. The third-order valence-corrected chi connectivity index (χ3v) is 3.78. The molecule has 1 aliphatic heterocycles. The highest BCUT2D eigenvalue weighted by atomic mass is 16.3. The number of aryl methyl sites for hydroxylation is 1. The first kappa shape index (κ1) is 11.5. The van der Waals surface area contributed by atoms with Crippen LogP contribution in [0.2, 0.25) is 0 Å². The Bertz CT molecular complexity index is 503. The Labute approximate surface area is 108 Å². The van der Waals surface area contributed by atoms with Crippen molar-refractivity contribution in [3.63, 3.8) is 0 Å². The van der Waals surface area contributed by atoms with E-state index in [1.54, 1.807) is 0 Å². The summed E-state index contributed by atoms with van der Waals surface area (Å²) in [6.07, 6.45) is 2.12. The van der Waals surface area contributed by atoms with Gasteiger partial charge in [-0.1, -0.05) is 37.3 Å². The highest BCUT2D eigenvalue weighted by Gasteiger charge is 2.31. The zero-order chi connectivity index (χ0) is 12.4. The summed E-state index contributed by atoms with van der Waals surface area (Å²) >= 11 is 0. The molecule has 0 aliphatic carbocycles. The standard InChI is InChI=1S/C16H19NO/c1-2-13-8-9-15(18-13)14-10-11-17-16(14)12-6-4-3-5-7-12/h3-9,14,16-17H,2,10-11H2,1H3. The minimum absolute atomic E-state index is 0.391. The quantitative estimate of drug-likeness (QED) is 0.887. The van der Waals surface area contributed by atoms with Crippen molar-refractivity contribution >= 4 is 0 Å². The molecule has 0 bridgehead atoms. The minimum Gasteiger partial charge on any atom is -0.466 e. The fourth-order valence-corrected chi connectivity index (χ4v) is 2.80. The van der Waals surface area contributed by atoms with Crippen LogP contribution in [0.5, 0.6) is 0 Å². The molecule has 2 atom stereocenters. The van der Waals surface area contributed by atoms with Gasteiger partial charge in [0.1, 0.15) is 11.5 Å². The second-order valence-corrected chi connectivity index (χ2v) is 4.90. The lowest BCUT2D eigenvalue weighted by Gasteiger charge is -2.18. The lowest BCUT2D eigenvalue weighted by atomic mass is 9.92. The van der Waals surface area contributed by atoms with E-state index in [2.05, 4.69) is 54.7 Å². The summed E-state index contributed by atoms with van der Waals surface area (Å²) in [7, 11) is 0. The highest BCUT2D eigenvalue weighted by Crippen LogP contribution is 2.38. The molecule has 1 N–H and O–H groups in total. The molecule has 1 saturated heterocycles. The molecule has 2 unspecified atom stereocenters. The Balaban J connectivity index is 1.87. The van der Waals surface area contributed by atoms with E-state index in [-0.39, 0.29) is 0 Å². The molecule has 0 spiro atoms. The van der Waals surface area contributed by atoms with Gasteiger partial charge < -0.3 is 9.73 Å². The third-order valence-electron chi connectivity index (χ3n) is 3.78. The van der Waals surface area contributed by atoms with Crippen molar-refractivity contribution in [3.8, 4) is 0 Å². The second-order valence-electron chi connectivity index (χ2n) is 4.90. The fraction of sp³-hybridized carbons (Fsp3) is 0.375. The molecule has 1 aliphatic rings. The van der Waals surface area contributed by atoms with Gasteiger partial charge >= 0.3 is 0 Å². The lowest BCUT2D eigenvalue weighted by Crippen LogP contribution is -2.16. The van der Waals surface area contributed by atoms with Gasteiger partial charge in [-0.3, -0.25) is 0 Å². The van der Waals surface area contributed by atoms with Crippen LogP contribution in [0.25, 0.3) is 0 Å². The third kappa shape index (κ3) is 2.08. The maximum atomic E-state index is 5.93. The van der Waals surface area contributed by atoms with E-state index in [4.69, 9.17) is 4.42 Å². The van der Waals surface area contributed by atoms with Crippen molar-refractivity contribution < 1.29 is 4.42 Å². The van der Waals surface area contributed by atoms with Gasteiger partial charge in [0.15, 0.2) is 0 Å². The minimum atomic E-state index is 0.391. The smallest absolute Gasteiger partial charge is 0.109 e. The van der Waals surface area contributed by atoms with Crippen molar-refractivity contribution in [3.05, 3.63) is 59.5 Å². The van der Waals surface area contributed by atoms with E-state index in [1.165, 1.54) is 5.56 Å². The summed E-state index contributed by atoms with van der Waals surface area (Å²) in [6, 6.07) is 15.3. The molecular formula is C16H19NO. The predicted molar refractivity (Wildman–Crippen MR) is 72.6 cm³/mol. The van der Waals surface area contributed by atoms with E-state index < -0.39 is 0 Å². The van der Waals surface area contributed by atoms with Gasteiger partial charge in [-0.05, 0) is 30.7 Å². The molecule has 2 nitrogen and oxygen atoms in total. The van der Waals surface area contributed by atoms with Crippen LogP contribution in [0, 0.1) is 0 Å². The molecule has 18 heavy (non-hydrogen) atoms. The summed E-state index contributed by atoms with van der Waals surface area (Å²) < 4.78 is 5.93. The molecule has 2 aromatic rings. The van der Waals surface area contributed by atoms with Crippen molar-refractivity contribution in [1.82, 2.24) is 5.32 Å². The van der Waals surface area contributed by atoms with Gasteiger partial charge in [-0.2, -0.15) is 0 Å². The Kier molecular flexibility index (Phi) is 3.20. The van der Waals surface area contributed by atoms with Gasteiger partial charge in [0.2, 0.25) is 0 Å². The normalized spacial score (nSPS) is 23.4. The van der Waals surface area contributed by atoms with E-state index in [9.17, 15) is 0 Å². The zero-order valence-electron chi connectivity index (χ0n) is 10.7.